The summed E-state index contributed by atoms with van der Waals surface area (Å²) in [7, 11) is 0. The van der Waals surface area contributed by atoms with Gasteiger partial charge in [-0.1, -0.05) is 48.5 Å². The maximum absolute atomic E-state index is 13.7. The molecule has 8 nitrogen and oxygen atoms in total. The van der Waals surface area contributed by atoms with E-state index in [1.807, 2.05) is 30.3 Å². The van der Waals surface area contributed by atoms with Crippen molar-refractivity contribution in [3.05, 3.63) is 65.7 Å². The molecule has 2 aromatic carbocycles. The van der Waals surface area contributed by atoms with Crippen molar-refractivity contribution in [2.45, 2.75) is 78.2 Å². The van der Waals surface area contributed by atoms with E-state index in [0.717, 1.165) is 5.56 Å². The van der Waals surface area contributed by atoms with Crippen LogP contribution in [0.15, 0.2) is 54.6 Å². The highest BCUT2D eigenvalue weighted by atomic mass is 16.6. The molecule has 8 heteroatoms. The second-order valence-corrected chi connectivity index (χ2v) is 10.4. The Hall–Kier alpha value is -3.55. The summed E-state index contributed by atoms with van der Waals surface area (Å²) >= 11 is 0. The molecule has 0 aliphatic carbocycles. The number of aromatic hydroxyl groups is 1. The number of nitrogens with one attached hydrogen (secondary N) is 2. The number of nitrogens with zero attached hydrogens (tertiary/aromatic N) is 1. The van der Waals surface area contributed by atoms with Crippen LogP contribution in [0.2, 0.25) is 0 Å². The Morgan fingerprint density at radius 3 is 2.06 bits per heavy atom. The molecule has 3 N–H and O–H groups in total. The summed E-state index contributed by atoms with van der Waals surface area (Å²) < 4.78 is 5.28. The number of ether oxygens (including phenoxy) is 1. The Labute approximate surface area is 207 Å². The van der Waals surface area contributed by atoms with E-state index in [1.165, 1.54) is 17.9 Å². The minimum Gasteiger partial charge on any atom is -0.508 e. The van der Waals surface area contributed by atoms with Crippen molar-refractivity contribution in [1.82, 2.24) is 15.5 Å². The van der Waals surface area contributed by atoms with E-state index in [4.69, 9.17) is 4.74 Å². The highest BCUT2D eigenvalue weighted by Gasteiger charge is 2.41. The molecule has 0 spiro atoms. The van der Waals surface area contributed by atoms with Gasteiger partial charge in [0.1, 0.15) is 23.4 Å². The van der Waals surface area contributed by atoms with Gasteiger partial charge < -0.3 is 25.4 Å². The molecule has 2 aromatic rings. The quantitative estimate of drug-likeness (QED) is 0.545. The predicted molar refractivity (Wildman–Crippen MR) is 135 cm³/mol. The first kappa shape index (κ1) is 27.7. The molecular formula is C27H37N3O5. The third-order valence-corrected chi connectivity index (χ3v) is 5.11. The Morgan fingerprint density at radius 2 is 1.51 bits per heavy atom. The third-order valence-electron chi connectivity index (χ3n) is 5.11. The van der Waals surface area contributed by atoms with Gasteiger partial charge >= 0.3 is 6.09 Å². The summed E-state index contributed by atoms with van der Waals surface area (Å²) in [6.45, 7) is 12.4. The van der Waals surface area contributed by atoms with Gasteiger partial charge in [-0.3, -0.25) is 9.59 Å². The van der Waals surface area contributed by atoms with E-state index in [9.17, 15) is 19.5 Å². The normalized spacial score (nSPS) is 13.3. The van der Waals surface area contributed by atoms with E-state index < -0.39 is 41.1 Å². The second-order valence-electron chi connectivity index (χ2n) is 10.4. The Balaban J connectivity index is 2.41. The molecule has 35 heavy (non-hydrogen) atoms. The smallest absolute Gasteiger partial charge is 0.408 e. The minimum atomic E-state index is -1.14. The van der Waals surface area contributed by atoms with E-state index in [2.05, 4.69) is 10.6 Å². The van der Waals surface area contributed by atoms with Gasteiger partial charge in [0.05, 0.1) is 0 Å². The van der Waals surface area contributed by atoms with Gasteiger partial charge in [-0.05, 0) is 60.1 Å². The van der Waals surface area contributed by atoms with Crippen LogP contribution in [-0.2, 0) is 20.9 Å². The lowest BCUT2D eigenvalue weighted by atomic mass is 9.95. The molecule has 0 aromatic heterocycles. The van der Waals surface area contributed by atoms with Crippen molar-refractivity contribution in [1.29, 1.82) is 0 Å². The van der Waals surface area contributed by atoms with Crippen LogP contribution in [0.5, 0.6) is 5.75 Å². The Kier molecular flexibility index (Phi) is 8.90. The van der Waals surface area contributed by atoms with Gasteiger partial charge in [-0.2, -0.15) is 0 Å². The SMILES string of the molecule is CC(NC(=O)OC(C)(C)C)C(=O)N(C(C(=O)NCc1ccccc1)c1ccccc1O)C(C)(C)C. The zero-order valence-corrected chi connectivity index (χ0v) is 21.6. The molecule has 0 heterocycles. The van der Waals surface area contributed by atoms with Gasteiger partial charge in [-0.15, -0.1) is 0 Å². The summed E-state index contributed by atoms with van der Waals surface area (Å²) in [5.41, 5.74) is -0.388. The fourth-order valence-corrected chi connectivity index (χ4v) is 3.60. The van der Waals surface area contributed by atoms with Gasteiger partial charge in [0, 0.05) is 17.6 Å². The number of phenols is 1. The molecule has 0 bridgehead atoms. The maximum Gasteiger partial charge on any atom is 0.408 e. The molecular weight excluding hydrogens is 446 g/mol. The molecule has 190 valence electrons. The van der Waals surface area contributed by atoms with Crippen LogP contribution < -0.4 is 10.6 Å². The number of carbonyl (C=O) groups is 3. The number of hydrogen-bond acceptors (Lipinski definition) is 5. The van der Waals surface area contributed by atoms with Gasteiger partial charge in [0.2, 0.25) is 11.8 Å². The maximum atomic E-state index is 13.7. The van der Waals surface area contributed by atoms with Crippen molar-refractivity contribution < 1.29 is 24.2 Å². The molecule has 0 fully saturated rings. The van der Waals surface area contributed by atoms with E-state index in [-0.39, 0.29) is 17.9 Å². The van der Waals surface area contributed by atoms with Crippen LogP contribution in [0, 0.1) is 0 Å². The zero-order valence-electron chi connectivity index (χ0n) is 21.6. The topological polar surface area (TPSA) is 108 Å². The monoisotopic (exact) mass is 483 g/mol. The molecule has 0 aliphatic heterocycles. The second kappa shape index (κ2) is 11.3. The van der Waals surface area contributed by atoms with Crippen LogP contribution in [0.25, 0.3) is 0 Å². The number of amides is 3. The average molecular weight is 484 g/mol. The standard InChI is InChI=1S/C27H37N3O5/c1-18(29-25(34)35-27(5,6)7)24(33)30(26(2,3)4)22(20-15-11-12-16-21(20)31)23(32)28-17-19-13-9-8-10-14-19/h8-16,18,22,31H,17H2,1-7H3,(H,28,32)(H,29,34). The molecule has 2 unspecified atom stereocenters. The van der Waals surface area contributed by atoms with Crippen molar-refractivity contribution in [3.63, 3.8) is 0 Å². The van der Waals surface area contributed by atoms with Crippen LogP contribution in [-0.4, -0.2) is 45.1 Å². The van der Waals surface area contributed by atoms with E-state index >= 15 is 0 Å². The fraction of sp³-hybridized carbons (Fsp3) is 0.444. The lowest BCUT2D eigenvalue weighted by Gasteiger charge is -2.42. The van der Waals surface area contributed by atoms with Crippen LogP contribution in [0.4, 0.5) is 4.79 Å². The molecule has 3 amide bonds. The highest BCUT2D eigenvalue weighted by Crippen LogP contribution is 2.34. The van der Waals surface area contributed by atoms with Gasteiger partial charge in [-0.25, -0.2) is 4.79 Å². The molecule has 2 atom stereocenters. The fourth-order valence-electron chi connectivity index (χ4n) is 3.60. The first-order valence-electron chi connectivity index (χ1n) is 11.6. The van der Waals surface area contributed by atoms with Crippen molar-refractivity contribution >= 4 is 17.9 Å². The Morgan fingerprint density at radius 1 is 0.943 bits per heavy atom. The van der Waals surface area contributed by atoms with E-state index in [0.29, 0.717) is 0 Å². The summed E-state index contributed by atoms with van der Waals surface area (Å²) in [6.07, 6.45) is -0.736. The summed E-state index contributed by atoms with van der Waals surface area (Å²) in [5, 5.41) is 16.1. The molecule has 2 rings (SSSR count). The summed E-state index contributed by atoms with van der Waals surface area (Å²) in [4.78, 5) is 41.0. The van der Waals surface area contributed by atoms with Crippen LogP contribution >= 0.6 is 0 Å². The van der Waals surface area contributed by atoms with Crippen LogP contribution in [0.3, 0.4) is 0 Å². The molecule has 0 aliphatic rings. The predicted octanol–water partition coefficient (Wildman–Crippen LogP) is 4.29. The van der Waals surface area contributed by atoms with Crippen molar-refractivity contribution in [2.24, 2.45) is 0 Å². The number of benzene rings is 2. The largest absolute Gasteiger partial charge is 0.508 e. The van der Waals surface area contributed by atoms with Gasteiger partial charge in [0.25, 0.3) is 0 Å². The molecule has 0 saturated heterocycles. The number of rotatable bonds is 7. The van der Waals surface area contributed by atoms with Crippen molar-refractivity contribution in [3.8, 4) is 5.75 Å². The number of phenolic OH excluding ortho intramolecular Hbond substituents is 1. The lowest BCUT2D eigenvalue weighted by molar-refractivity contribution is -0.148. The number of alkyl carbamates (subject to hydrolysis) is 1. The average Bonchev–Trinajstić information content (AvgIpc) is 2.74. The number of carbonyl (C=O) groups excluding carboxylic acids is 3. The van der Waals surface area contributed by atoms with Gasteiger partial charge in [0.15, 0.2) is 0 Å². The molecule has 0 saturated carbocycles. The number of hydrogen-bond donors (Lipinski definition) is 3. The summed E-state index contributed by atoms with van der Waals surface area (Å²) in [6, 6.07) is 13.7. The van der Waals surface area contributed by atoms with Crippen LogP contribution in [0.1, 0.15) is 65.6 Å². The Bertz CT molecular complexity index is 1030. The highest BCUT2D eigenvalue weighted by molar-refractivity contribution is 5.92. The molecule has 0 radical (unpaired) electrons. The zero-order chi connectivity index (χ0) is 26.4. The minimum absolute atomic E-state index is 0.109. The number of para-hydroxylation sites is 1. The lowest BCUT2D eigenvalue weighted by Crippen LogP contribution is -2.57. The third kappa shape index (κ3) is 8.02. The summed E-state index contributed by atoms with van der Waals surface area (Å²) in [5.74, 6) is -1.06. The van der Waals surface area contributed by atoms with Crippen molar-refractivity contribution in [2.75, 3.05) is 0 Å². The first-order valence-corrected chi connectivity index (χ1v) is 11.6. The van der Waals surface area contributed by atoms with E-state index in [1.54, 1.807) is 59.7 Å². The first-order chi connectivity index (χ1) is 16.2.